The van der Waals surface area contributed by atoms with Crippen LogP contribution >= 0.6 is 0 Å². The fraction of sp³-hybridized carbons (Fsp3) is 0.389. The van der Waals surface area contributed by atoms with E-state index in [1.807, 2.05) is 39.0 Å². The molecule has 0 spiro atoms. The number of allylic oxidation sites excluding steroid dienone is 8. The van der Waals surface area contributed by atoms with Crippen LogP contribution in [0.5, 0.6) is 0 Å². The first-order valence-electron chi connectivity index (χ1n) is 6.46. The van der Waals surface area contributed by atoms with Crippen molar-refractivity contribution in [2.24, 2.45) is 5.41 Å². The summed E-state index contributed by atoms with van der Waals surface area (Å²) in [4.78, 5) is 0. The molecule has 0 N–H and O–H groups in total. The maximum Gasteiger partial charge on any atom is 0.0760 e. The van der Waals surface area contributed by atoms with Crippen LogP contribution in [0.15, 0.2) is 59.8 Å². The minimum Gasteiger partial charge on any atom is -0.197 e. The smallest absolute Gasteiger partial charge is 0.0760 e. The SMILES string of the molecule is C=C(/C=C\C=C(C)C)C/C(C)=C/C(=C)C(C)(C)C#N. The van der Waals surface area contributed by atoms with Gasteiger partial charge in [-0.05, 0) is 46.6 Å². The van der Waals surface area contributed by atoms with E-state index in [4.69, 9.17) is 5.26 Å². The lowest BCUT2D eigenvalue weighted by molar-refractivity contribution is 0.614. The van der Waals surface area contributed by atoms with Gasteiger partial charge in [0.2, 0.25) is 0 Å². The molecular formula is C18H25N. The average molecular weight is 255 g/mol. The van der Waals surface area contributed by atoms with Crippen LogP contribution in [0.4, 0.5) is 0 Å². The van der Waals surface area contributed by atoms with E-state index in [-0.39, 0.29) is 0 Å². The number of nitriles is 1. The molecule has 1 heteroatoms. The number of nitrogens with zero attached hydrogens (tertiary/aromatic N) is 1. The molecule has 0 aliphatic carbocycles. The predicted molar refractivity (Wildman–Crippen MR) is 84.6 cm³/mol. The van der Waals surface area contributed by atoms with E-state index in [0.29, 0.717) is 0 Å². The van der Waals surface area contributed by atoms with Crippen molar-refractivity contribution < 1.29 is 0 Å². The molecule has 19 heavy (non-hydrogen) atoms. The Morgan fingerprint density at radius 3 is 2.26 bits per heavy atom. The third kappa shape index (κ3) is 7.26. The summed E-state index contributed by atoms with van der Waals surface area (Å²) >= 11 is 0. The Kier molecular flexibility index (Phi) is 6.86. The van der Waals surface area contributed by atoms with Crippen molar-refractivity contribution >= 4 is 0 Å². The molecule has 0 bridgehead atoms. The lowest BCUT2D eigenvalue weighted by atomic mass is 9.85. The van der Waals surface area contributed by atoms with Crippen molar-refractivity contribution in [1.82, 2.24) is 0 Å². The van der Waals surface area contributed by atoms with Crippen molar-refractivity contribution in [2.45, 2.75) is 41.0 Å². The lowest BCUT2D eigenvalue weighted by Crippen LogP contribution is -2.09. The Balaban J connectivity index is 4.63. The maximum absolute atomic E-state index is 9.05. The molecule has 0 aliphatic heterocycles. The van der Waals surface area contributed by atoms with Gasteiger partial charge in [-0.3, -0.25) is 0 Å². The zero-order valence-electron chi connectivity index (χ0n) is 12.9. The van der Waals surface area contributed by atoms with Crippen molar-refractivity contribution in [3.05, 3.63) is 59.8 Å². The minimum atomic E-state index is -0.513. The molecule has 0 radical (unpaired) electrons. The van der Waals surface area contributed by atoms with E-state index in [1.54, 1.807) is 0 Å². The molecule has 102 valence electrons. The van der Waals surface area contributed by atoms with Gasteiger partial charge in [0.1, 0.15) is 0 Å². The van der Waals surface area contributed by atoms with Gasteiger partial charge in [0, 0.05) is 0 Å². The molecule has 0 aliphatic rings. The van der Waals surface area contributed by atoms with E-state index in [2.05, 4.69) is 39.2 Å². The second-order valence-corrected chi connectivity index (χ2v) is 5.69. The summed E-state index contributed by atoms with van der Waals surface area (Å²) in [5.41, 5.74) is 3.81. The summed E-state index contributed by atoms with van der Waals surface area (Å²) in [7, 11) is 0. The van der Waals surface area contributed by atoms with Crippen molar-refractivity contribution in [2.75, 3.05) is 0 Å². The Labute approximate surface area is 118 Å². The van der Waals surface area contributed by atoms with E-state index in [1.165, 1.54) is 11.1 Å². The Hall–Kier alpha value is -1.81. The van der Waals surface area contributed by atoms with Gasteiger partial charge in [-0.25, -0.2) is 0 Å². The van der Waals surface area contributed by atoms with Crippen LogP contribution in [-0.4, -0.2) is 0 Å². The molecule has 0 heterocycles. The highest BCUT2D eigenvalue weighted by molar-refractivity contribution is 5.33. The monoisotopic (exact) mass is 255 g/mol. The van der Waals surface area contributed by atoms with Crippen LogP contribution in [0, 0.1) is 16.7 Å². The number of hydrogen-bond acceptors (Lipinski definition) is 1. The summed E-state index contributed by atoms with van der Waals surface area (Å²) in [6.07, 6.45) is 8.88. The van der Waals surface area contributed by atoms with Crippen LogP contribution in [0.3, 0.4) is 0 Å². The Morgan fingerprint density at radius 1 is 1.21 bits per heavy atom. The molecule has 0 rings (SSSR count). The van der Waals surface area contributed by atoms with Gasteiger partial charge < -0.3 is 0 Å². The van der Waals surface area contributed by atoms with E-state index >= 15 is 0 Å². The second-order valence-electron chi connectivity index (χ2n) is 5.69. The third-order valence-electron chi connectivity index (χ3n) is 2.77. The largest absolute Gasteiger partial charge is 0.197 e. The van der Waals surface area contributed by atoms with Gasteiger partial charge in [-0.1, -0.05) is 54.2 Å². The molecule has 0 aromatic carbocycles. The Bertz CT molecular complexity index is 472. The first-order valence-corrected chi connectivity index (χ1v) is 6.46. The molecule has 0 saturated carbocycles. The highest BCUT2D eigenvalue weighted by Crippen LogP contribution is 2.26. The zero-order valence-corrected chi connectivity index (χ0v) is 12.9. The van der Waals surface area contributed by atoms with Crippen LogP contribution < -0.4 is 0 Å². The standard InChI is InChI=1S/C18H25N/c1-14(2)9-8-10-15(3)11-16(4)12-17(5)18(6,7)13-19/h8-10,12H,3,5,11H2,1-2,4,6-7H3/b10-8-,16-12+. The highest BCUT2D eigenvalue weighted by atomic mass is 14.3. The number of hydrogen-bond donors (Lipinski definition) is 0. The lowest BCUT2D eigenvalue weighted by Gasteiger charge is -2.16. The summed E-state index contributed by atoms with van der Waals surface area (Å²) in [5, 5.41) is 9.05. The Morgan fingerprint density at radius 2 is 1.79 bits per heavy atom. The normalized spacial score (nSPS) is 12.1. The average Bonchev–Trinajstić information content (AvgIpc) is 2.27. The molecule has 0 aromatic rings. The molecule has 0 fully saturated rings. The van der Waals surface area contributed by atoms with Crippen LogP contribution in [0.1, 0.15) is 41.0 Å². The minimum absolute atomic E-state index is 0.513. The fourth-order valence-electron chi connectivity index (χ4n) is 1.39. The van der Waals surface area contributed by atoms with E-state index in [0.717, 1.165) is 17.6 Å². The van der Waals surface area contributed by atoms with Gasteiger partial charge in [-0.2, -0.15) is 5.26 Å². The molecular weight excluding hydrogens is 230 g/mol. The van der Waals surface area contributed by atoms with Gasteiger partial charge in [0.05, 0.1) is 11.5 Å². The first-order chi connectivity index (χ1) is 8.69. The van der Waals surface area contributed by atoms with Crippen LogP contribution in [-0.2, 0) is 0 Å². The zero-order chi connectivity index (χ0) is 15.1. The van der Waals surface area contributed by atoms with E-state index in [9.17, 15) is 0 Å². The molecule has 0 aromatic heterocycles. The van der Waals surface area contributed by atoms with Gasteiger partial charge >= 0.3 is 0 Å². The van der Waals surface area contributed by atoms with Crippen molar-refractivity contribution in [3.8, 4) is 6.07 Å². The maximum atomic E-state index is 9.05. The molecule has 1 nitrogen and oxygen atoms in total. The number of rotatable bonds is 6. The van der Waals surface area contributed by atoms with Gasteiger partial charge in [0.15, 0.2) is 0 Å². The van der Waals surface area contributed by atoms with Crippen molar-refractivity contribution in [1.29, 1.82) is 5.26 Å². The summed E-state index contributed by atoms with van der Waals surface area (Å²) in [5.74, 6) is 0. The second kappa shape index (κ2) is 7.59. The molecule has 0 unspecified atom stereocenters. The van der Waals surface area contributed by atoms with Crippen LogP contribution in [0.2, 0.25) is 0 Å². The quantitative estimate of drug-likeness (QED) is 0.574. The third-order valence-corrected chi connectivity index (χ3v) is 2.77. The predicted octanol–water partition coefficient (Wildman–Crippen LogP) is 5.51. The first kappa shape index (κ1) is 17.2. The fourth-order valence-corrected chi connectivity index (χ4v) is 1.39. The summed E-state index contributed by atoms with van der Waals surface area (Å²) < 4.78 is 0. The van der Waals surface area contributed by atoms with Gasteiger partial charge in [-0.15, -0.1) is 0 Å². The summed E-state index contributed by atoms with van der Waals surface area (Å²) in [6.45, 7) is 17.9. The van der Waals surface area contributed by atoms with Gasteiger partial charge in [0.25, 0.3) is 0 Å². The highest BCUT2D eigenvalue weighted by Gasteiger charge is 2.18. The molecule has 0 saturated heterocycles. The van der Waals surface area contributed by atoms with Crippen LogP contribution in [0.25, 0.3) is 0 Å². The summed E-state index contributed by atoms with van der Waals surface area (Å²) in [6, 6.07) is 2.26. The molecule has 0 atom stereocenters. The topological polar surface area (TPSA) is 23.8 Å². The molecule has 0 amide bonds. The van der Waals surface area contributed by atoms with E-state index < -0.39 is 5.41 Å². The van der Waals surface area contributed by atoms with Crippen molar-refractivity contribution in [3.63, 3.8) is 0 Å².